The van der Waals surface area contributed by atoms with Gasteiger partial charge in [0.05, 0.1) is 40.3 Å². The van der Waals surface area contributed by atoms with Crippen LogP contribution in [0.15, 0.2) is 122 Å². The predicted molar refractivity (Wildman–Crippen MR) is 375 cm³/mol. The minimum Gasteiger partial charge on any atom is -0.545 e. The summed E-state index contributed by atoms with van der Waals surface area (Å²) in [6, 6.07) is 0. The number of aliphatic carboxylic acids is 1. The van der Waals surface area contributed by atoms with Crippen molar-refractivity contribution in [3.63, 3.8) is 0 Å². The molecule has 0 spiro atoms. The molecule has 0 saturated carbocycles. The van der Waals surface area contributed by atoms with Gasteiger partial charge in [-0.1, -0.05) is 322 Å². The first-order chi connectivity index (χ1) is 43.1. The van der Waals surface area contributed by atoms with Crippen LogP contribution >= 0.6 is 0 Å². The molecule has 0 N–H and O–H groups in total. The zero-order valence-corrected chi connectivity index (χ0v) is 57.6. The molecule has 9 nitrogen and oxygen atoms in total. The van der Waals surface area contributed by atoms with E-state index >= 15 is 0 Å². The summed E-state index contributed by atoms with van der Waals surface area (Å²) in [4.78, 5) is 37.5. The molecule has 0 aromatic rings. The van der Waals surface area contributed by atoms with Crippen molar-refractivity contribution in [2.24, 2.45) is 0 Å². The van der Waals surface area contributed by atoms with Gasteiger partial charge in [-0.05, 0) is 89.9 Å². The lowest BCUT2D eigenvalue weighted by atomic mass is 10.0. The first kappa shape index (κ1) is 83.7. The van der Waals surface area contributed by atoms with Crippen molar-refractivity contribution in [2.45, 2.75) is 315 Å². The highest BCUT2D eigenvalue weighted by atomic mass is 16.7. The van der Waals surface area contributed by atoms with E-state index in [1.54, 1.807) is 0 Å². The van der Waals surface area contributed by atoms with Gasteiger partial charge in [0.15, 0.2) is 12.4 Å². The molecule has 0 radical (unpaired) electrons. The molecule has 0 heterocycles. The number of likely N-dealkylation sites (N-methyl/N-ethyl adjacent to an activating group) is 1. The Bertz CT molecular complexity index is 1860. The second kappa shape index (κ2) is 68.6. The predicted octanol–water partition coefficient (Wildman–Crippen LogP) is 21.4. The number of rotatable bonds is 66. The molecule has 0 saturated heterocycles. The lowest BCUT2D eigenvalue weighted by molar-refractivity contribution is -0.870. The summed E-state index contributed by atoms with van der Waals surface area (Å²) in [5.74, 6) is -2.31. The molecule has 0 amide bonds. The van der Waals surface area contributed by atoms with Gasteiger partial charge >= 0.3 is 11.9 Å². The Morgan fingerprint density at radius 1 is 0.352 bits per heavy atom. The molecule has 2 unspecified atom stereocenters. The third-order valence-electron chi connectivity index (χ3n) is 15.5. The zero-order valence-electron chi connectivity index (χ0n) is 57.6. The second-order valence-electron chi connectivity index (χ2n) is 25.2. The fourth-order valence-corrected chi connectivity index (χ4v) is 9.98. The molecule has 0 aromatic carbocycles. The van der Waals surface area contributed by atoms with Crippen LogP contribution in [0.2, 0.25) is 0 Å². The summed E-state index contributed by atoms with van der Waals surface area (Å²) in [5, 5.41) is 11.8. The molecule has 0 bridgehead atoms. The van der Waals surface area contributed by atoms with Gasteiger partial charge in [-0.2, -0.15) is 0 Å². The fraction of sp³-hybridized carbons (Fsp3) is 0.709. The van der Waals surface area contributed by atoms with Crippen molar-refractivity contribution in [1.82, 2.24) is 0 Å². The van der Waals surface area contributed by atoms with E-state index in [1.165, 1.54) is 161 Å². The van der Waals surface area contributed by atoms with E-state index in [0.29, 0.717) is 17.4 Å². The van der Waals surface area contributed by atoms with Crippen LogP contribution in [0.25, 0.3) is 0 Å². The number of quaternary nitrogens is 1. The number of hydrogen-bond acceptors (Lipinski definition) is 8. The van der Waals surface area contributed by atoms with Crippen LogP contribution in [-0.4, -0.2) is 82.3 Å². The molecule has 0 fully saturated rings. The van der Waals surface area contributed by atoms with Crippen LogP contribution in [0.1, 0.15) is 303 Å². The van der Waals surface area contributed by atoms with Crippen LogP contribution in [-0.2, 0) is 33.3 Å². The smallest absolute Gasteiger partial charge is 0.306 e. The first-order valence-corrected chi connectivity index (χ1v) is 36.2. The van der Waals surface area contributed by atoms with Crippen molar-refractivity contribution in [1.29, 1.82) is 0 Å². The lowest BCUT2D eigenvalue weighted by Gasteiger charge is -2.26. The highest BCUT2D eigenvalue weighted by Gasteiger charge is 2.22. The summed E-state index contributed by atoms with van der Waals surface area (Å²) in [7, 11) is 5.92. The van der Waals surface area contributed by atoms with Gasteiger partial charge in [0.1, 0.15) is 13.2 Å². The summed E-state index contributed by atoms with van der Waals surface area (Å²) < 4.78 is 22.8. The molecule has 504 valence electrons. The van der Waals surface area contributed by atoms with Crippen LogP contribution in [0.5, 0.6) is 0 Å². The standard InChI is InChI=1S/C79H135NO8/c1-6-8-10-12-14-16-18-20-22-24-26-28-30-32-34-36-37-38-39-40-41-42-44-46-48-50-52-54-56-58-60-62-64-66-68-70-77(82)88-75(74-87-79(78(83)84)85-72-71-80(3,4)5)73-86-76(81)69-67-65-63-61-59-57-55-53-51-49-47-45-43-35-33-31-29-27-25-23-21-19-17-15-13-11-9-7-2/h8,10,14,16,20,22,26,28,32,34,37-38,40-41,44,46,50,52,56,58,75,79H,6-7,9,11-13,15,17-19,21,23-25,27,29-31,33,35-36,39,42-43,45,47-49,51,53-55,57,59-74H2,1-5H3/b10-8-,16-14-,22-20-,28-26-,34-32-,38-37-,41-40-,46-44-,52-50-,58-56-. The van der Waals surface area contributed by atoms with Crippen molar-refractivity contribution in [2.75, 3.05) is 47.5 Å². The number of ether oxygens (including phenoxy) is 4. The van der Waals surface area contributed by atoms with E-state index in [0.717, 1.165) is 109 Å². The highest BCUT2D eigenvalue weighted by Crippen LogP contribution is 2.18. The van der Waals surface area contributed by atoms with Crippen molar-refractivity contribution in [3.8, 4) is 0 Å². The number of allylic oxidation sites excluding steroid dienone is 20. The van der Waals surface area contributed by atoms with Gasteiger partial charge in [0.25, 0.3) is 0 Å². The Balaban J connectivity index is 4.20. The van der Waals surface area contributed by atoms with E-state index in [4.69, 9.17) is 18.9 Å². The molecule has 0 aromatic heterocycles. The molecular weight excluding hydrogens is 1090 g/mol. The average molecular weight is 1230 g/mol. The van der Waals surface area contributed by atoms with Crippen LogP contribution in [0.3, 0.4) is 0 Å². The van der Waals surface area contributed by atoms with E-state index < -0.39 is 24.3 Å². The number of carboxylic acids is 1. The monoisotopic (exact) mass is 1230 g/mol. The number of carbonyl (C=O) groups excluding carboxylic acids is 3. The highest BCUT2D eigenvalue weighted by molar-refractivity contribution is 5.70. The molecule has 0 aliphatic heterocycles. The minimum absolute atomic E-state index is 0.138. The molecule has 88 heavy (non-hydrogen) atoms. The summed E-state index contributed by atoms with van der Waals surface area (Å²) in [6.07, 6.45) is 94.3. The third-order valence-corrected chi connectivity index (χ3v) is 15.5. The van der Waals surface area contributed by atoms with E-state index in [1.807, 2.05) is 21.1 Å². The summed E-state index contributed by atoms with van der Waals surface area (Å²) in [6.45, 7) is 4.63. The Labute approximate surface area is 542 Å². The fourth-order valence-electron chi connectivity index (χ4n) is 9.98. The SMILES string of the molecule is CC/C=C\C/C=C\C/C=C\C/C=C\C/C=C\C/C=C\C/C=C\C/C=C\C/C=C\C/C=C\CCCCCCC(=O)OC(COC(=O)CCCCCCCCCCCCCCCCCCCCCCCCCCCCCC)COC(OCC[N+](C)(C)C)C(=O)[O-]. The molecule has 0 aliphatic carbocycles. The average Bonchev–Trinajstić information content (AvgIpc) is 3.54. The van der Waals surface area contributed by atoms with Gasteiger partial charge in [-0.15, -0.1) is 0 Å². The van der Waals surface area contributed by atoms with Gasteiger partial charge in [-0.3, -0.25) is 9.59 Å². The molecular formula is C79H135NO8. The largest absolute Gasteiger partial charge is 0.545 e. The number of nitrogens with zero attached hydrogens (tertiary/aromatic N) is 1. The number of carboxylic acid groups (broad SMARTS) is 1. The quantitative estimate of drug-likeness (QED) is 0.0195. The molecule has 2 atom stereocenters. The van der Waals surface area contributed by atoms with Gasteiger partial charge < -0.3 is 33.3 Å². The number of esters is 2. The van der Waals surface area contributed by atoms with Gasteiger partial charge in [0.2, 0.25) is 0 Å². The Morgan fingerprint density at radius 3 is 0.966 bits per heavy atom. The van der Waals surface area contributed by atoms with Gasteiger partial charge in [-0.25, -0.2) is 0 Å². The number of carbonyl (C=O) groups is 3. The van der Waals surface area contributed by atoms with Crippen molar-refractivity contribution in [3.05, 3.63) is 122 Å². The molecule has 0 aliphatic rings. The summed E-state index contributed by atoms with van der Waals surface area (Å²) >= 11 is 0. The normalized spacial score (nSPS) is 13.4. The molecule has 0 rings (SSSR count). The van der Waals surface area contributed by atoms with Crippen LogP contribution < -0.4 is 5.11 Å². The third kappa shape index (κ3) is 69.2. The zero-order chi connectivity index (χ0) is 64.0. The van der Waals surface area contributed by atoms with E-state index in [-0.39, 0.29) is 38.6 Å². The maximum atomic E-state index is 12.9. The van der Waals surface area contributed by atoms with Crippen LogP contribution in [0.4, 0.5) is 0 Å². The topological polar surface area (TPSA) is 111 Å². The number of hydrogen-bond donors (Lipinski definition) is 0. The summed E-state index contributed by atoms with van der Waals surface area (Å²) in [5.41, 5.74) is 0. The van der Waals surface area contributed by atoms with E-state index in [2.05, 4.69) is 135 Å². The van der Waals surface area contributed by atoms with Gasteiger partial charge in [0, 0.05) is 12.8 Å². The van der Waals surface area contributed by atoms with Crippen LogP contribution in [0, 0.1) is 0 Å². The Hall–Kier alpha value is -4.31. The Kier molecular flexibility index (Phi) is 65.2. The minimum atomic E-state index is -1.64. The first-order valence-electron chi connectivity index (χ1n) is 36.2. The molecule has 9 heteroatoms. The number of unbranched alkanes of at least 4 members (excludes halogenated alkanes) is 31. The Morgan fingerprint density at radius 2 is 0.648 bits per heavy atom. The maximum absolute atomic E-state index is 12.9. The van der Waals surface area contributed by atoms with Crippen molar-refractivity contribution >= 4 is 17.9 Å². The second-order valence-corrected chi connectivity index (χ2v) is 25.2. The lowest BCUT2D eigenvalue weighted by Crippen LogP contribution is -2.44. The maximum Gasteiger partial charge on any atom is 0.306 e. The van der Waals surface area contributed by atoms with E-state index in [9.17, 15) is 19.5 Å². The van der Waals surface area contributed by atoms with Crippen molar-refractivity contribution < 1.29 is 42.9 Å².